The maximum Gasteiger partial charge on any atom is 0.226 e. The number of piperidine rings is 1. The number of likely N-dealkylation sites (tertiary alicyclic amines) is 1. The van der Waals surface area contributed by atoms with Crippen LogP contribution in [0.15, 0.2) is 24.3 Å². The number of halogens is 1. The predicted molar refractivity (Wildman–Crippen MR) is 96.7 cm³/mol. The first-order valence-electron chi connectivity index (χ1n) is 8.75. The highest BCUT2D eigenvalue weighted by atomic mass is 35.5. The molecule has 1 heterocycles. The second kappa shape index (κ2) is 8.52. The second-order valence-electron chi connectivity index (χ2n) is 6.70. The molecule has 2 amide bonds. The first kappa shape index (κ1) is 18.8. The predicted octanol–water partition coefficient (Wildman–Crippen LogP) is 3.58. The molecule has 1 aromatic carbocycles. The number of benzene rings is 1. The van der Waals surface area contributed by atoms with Crippen molar-refractivity contribution in [3.05, 3.63) is 34.9 Å². The molecule has 24 heavy (non-hydrogen) atoms. The molecule has 2 rings (SSSR count). The Bertz CT molecular complexity index is 580. The standard InChI is InChI=1S/C19H27ClN2O2/c1-4-21(13-16-7-5-6-8-17(16)20)19(24)15-9-11-22(12-10-15)18(23)14(2)3/h5-8,14-15H,4,9-13H2,1-3H3. The minimum Gasteiger partial charge on any atom is -0.342 e. The highest BCUT2D eigenvalue weighted by Crippen LogP contribution is 2.23. The summed E-state index contributed by atoms with van der Waals surface area (Å²) >= 11 is 6.22. The van der Waals surface area contributed by atoms with Gasteiger partial charge in [-0.05, 0) is 31.4 Å². The molecule has 0 saturated carbocycles. The summed E-state index contributed by atoms with van der Waals surface area (Å²) in [6.07, 6.45) is 1.49. The number of nitrogens with zero attached hydrogens (tertiary/aromatic N) is 2. The fourth-order valence-electron chi connectivity index (χ4n) is 3.15. The lowest BCUT2D eigenvalue weighted by molar-refractivity contribution is -0.142. The van der Waals surface area contributed by atoms with E-state index in [1.165, 1.54) is 0 Å². The van der Waals surface area contributed by atoms with E-state index in [9.17, 15) is 9.59 Å². The number of amides is 2. The number of carbonyl (C=O) groups is 2. The summed E-state index contributed by atoms with van der Waals surface area (Å²) in [4.78, 5) is 28.6. The molecule has 0 bridgehead atoms. The molecule has 0 N–H and O–H groups in total. The second-order valence-corrected chi connectivity index (χ2v) is 7.11. The highest BCUT2D eigenvalue weighted by Gasteiger charge is 2.30. The van der Waals surface area contributed by atoms with Gasteiger partial charge in [0.2, 0.25) is 11.8 Å². The number of carbonyl (C=O) groups excluding carboxylic acids is 2. The largest absolute Gasteiger partial charge is 0.342 e. The van der Waals surface area contributed by atoms with Crippen molar-refractivity contribution in [3.8, 4) is 0 Å². The van der Waals surface area contributed by atoms with Crippen molar-refractivity contribution in [3.63, 3.8) is 0 Å². The van der Waals surface area contributed by atoms with Crippen molar-refractivity contribution < 1.29 is 9.59 Å². The van der Waals surface area contributed by atoms with E-state index in [0.29, 0.717) is 31.2 Å². The van der Waals surface area contributed by atoms with Gasteiger partial charge in [-0.2, -0.15) is 0 Å². The lowest BCUT2D eigenvalue weighted by Gasteiger charge is -2.35. The maximum atomic E-state index is 12.8. The Hall–Kier alpha value is -1.55. The molecule has 1 saturated heterocycles. The van der Waals surface area contributed by atoms with Crippen molar-refractivity contribution in [2.45, 2.75) is 40.2 Å². The van der Waals surface area contributed by atoms with Crippen molar-refractivity contribution in [1.82, 2.24) is 9.80 Å². The number of hydrogen-bond acceptors (Lipinski definition) is 2. The lowest BCUT2D eigenvalue weighted by atomic mass is 9.94. The van der Waals surface area contributed by atoms with Crippen LogP contribution >= 0.6 is 11.6 Å². The summed E-state index contributed by atoms with van der Waals surface area (Å²) in [5.41, 5.74) is 0.974. The van der Waals surface area contributed by atoms with Gasteiger partial charge in [0.25, 0.3) is 0 Å². The number of hydrogen-bond donors (Lipinski definition) is 0. The van der Waals surface area contributed by atoms with Crippen LogP contribution < -0.4 is 0 Å². The Balaban J connectivity index is 1.95. The average Bonchev–Trinajstić information content (AvgIpc) is 2.60. The zero-order valence-corrected chi connectivity index (χ0v) is 15.6. The first-order valence-corrected chi connectivity index (χ1v) is 9.12. The van der Waals surface area contributed by atoms with E-state index in [2.05, 4.69) is 0 Å². The highest BCUT2D eigenvalue weighted by molar-refractivity contribution is 6.31. The minimum absolute atomic E-state index is 0.00338. The molecule has 1 aromatic rings. The van der Waals surface area contributed by atoms with Gasteiger partial charge in [-0.15, -0.1) is 0 Å². The summed E-state index contributed by atoms with van der Waals surface area (Å²) in [5, 5.41) is 0.695. The molecule has 1 aliphatic heterocycles. The van der Waals surface area contributed by atoms with E-state index in [0.717, 1.165) is 18.4 Å². The zero-order chi connectivity index (χ0) is 17.7. The monoisotopic (exact) mass is 350 g/mol. The van der Waals surface area contributed by atoms with Gasteiger partial charge in [0.15, 0.2) is 0 Å². The van der Waals surface area contributed by atoms with E-state index in [1.54, 1.807) is 0 Å². The normalized spacial score (nSPS) is 15.6. The van der Waals surface area contributed by atoms with Crippen molar-refractivity contribution in [2.24, 2.45) is 11.8 Å². The quantitative estimate of drug-likeness (QED) is 0.814. The third kappa shape index (κ3) is 4.50. The van der Waals surface area contributed by atoms with Crippen LogP contribution in [0.3, 0.4) is 0 Å². The SMILES string of the molecule is CCN(Cc1ccccc1Cl)C(=O)C1CCN(C(=O)C(C)C)CC1. The van der Waals surface area contributed by atoms with Crippen LogP contribution in [0.1, 0.15) is 39.2 Å². The third-order valence-corrected chi connectivity index (χ3v) is 5.03. The molecular weight excluding hydrogens is 324 g/mol. The minimum atomic E-state index is 0.00338. The van der Waals surface area contributed by atoms with Gasteiger partial charge in [-0.25, -0.2) is 0 Å². The molecule has 0 radical (unpaired) electrons. The van der Waals surface area contributed by atoms with E-state index >= 15 is 0 Å². The van der Waals surface area contributed by atoms with Crippen LogP contribution in [0.4, 0.5) is 0 Å². The molecule has 132 valence electrons. The Kier molecular flexibility index (Phi) is 6.67. The molecule has 0 aliphatic carbocycles. The maximum absolute atomic E-state index is 12.8. The Morgan fingerprint density at radius 3 is 2.42 bits per heavy atom. The van der Waals surface area contributed by atoms with Gasteiger partial charge in [0.05, 0.1) is 0 Å². The fourth-order valence-corrected chi connectivity index (χ4v) is 3.34. The third-order valence-electron chi connectivity index (χ3n) is 4.66. The smallest absolute Gasteiger partial charge is 0.226 e. The summed E-state index contributed by atoms with van der Waals surface area (Å²) in [6, 6.07) is 7.65. The molecular formula is C19H27ClN2O2. The van der Waals surface area contributed by atoms with Gasteiger partial charge < -0.3 is 9.80 Å². The topological polar surface area (TPSA) is 40.6 Å². The van der Waals surface area contributed by atoms with E-state index in [1.807, 2.05) is 54.8 Å². The molecule has 1 fully saturated rings. The summed E-state index contributed by atoms with van der Waals surface area (Å²) in [6.45, 7) is 8.39. The Labute approximate surface area is 149 Å². The van der Waals surface area contributed by atoms with Crippen LogP contribution in [-0.4, -0.2) is 41.2 Å². The molecule has 5 heteroatoms. The van der Waals surface area contributed by atoms with E-state index in [-0.39, 0.29) is 23.7 Å². The van der Waals surface area contributed by atoms with Crippen LogP contribution in [0.5, 0.6) is 0 Å². The average molecular weight is 351 g/mol. The van der Waals surface area contributed by atoms with Gasteiger partial charge >= 0.3 is 0 Å². The van der Waals surface area contributed by atoms with E-state index < -0.39 is 0 Å². The molecule has 0 unspecified atom stereocenters. The molecule has 0 spiro atoms. The van der Waals surface area contributed by atoms with Gasteiger partial charge in [0.1, 0.15) is 0 Å². The van der Waals surface area contributed by atoms with E-state index in [4.69, 9.17) is 11.6 Å². The number of rotatable bonds is 5. The van der Waals surface area contributed by atoms with Crippen LogP contribution in [0.2, 0.25) is 5.02 Å². The van der Waals surface area contributed by atoms with Crippen LogP contribution in [-0.2, 0) is 16.1 Å². The lowest BCUT2D eigenvalue weighted by Crippen LogP contribution is -2.45. The zero-order valence-electron chi connectivity index (χ0n) is 14.8. The molecule has 1 aliphatic rings. The van der Waals surface area contributed by atoms with Crippen molar-refractivity contribution in [2.75, 3.05) is 19.6 Å². The summed E-state index contributed by atoms with van der Waals surface area (Å²) in [7, 11) is 0. The first-order chi connectivity index (χ1) is 11.4. The Morgan fingerprint density at radius 2 is 1.88 bits per heavy atom. The van der Waals surface area contributed by atoms with Gasteiger partial charge in [0, 0.05) is 43.0 Å². The fraction of sp³-hybridized carbons (Fsp3) is 0.579. The van der Waals surface area contributed by atoms with Gasteiger partial charge in [-0.3, -0.25) is 9.59 Å². The van der Waals surface area contributed by atoms with Gasteiger partial charge in [-0.1, -0.05) is 43.6 Å². The molecule has 0 aromatic heterocycles. The summed E-state index contributed by atoms with van der Waals surface area (Å²) < 4.78 is 0. The Morgan fingerprint density at radius 1 is 1.25 bits per heavy atom. The molecule has 4 nitrogen and oxygen atoms in total. The van der Waals surface area contributed by atoms with Crippen LogP contribution in [0.25, 0.3) is 0 Å². The summed E-state index contributed by atoms with van der Waals surface area (Å²) in [5.74, 6) is 0.381. The van der Waals surface area contributed by atoms with Crippen molar-refractivity contribution in [1.29, 1.82) is 0 Å². The van der Waals surface area contributed by atoms with Crippen molar-refractivity contribution >= 4 is 23.4 Å². The molecule has 0 atom stereocenters. The van der Waals surface area contributed by atoms with Crippen LogP contribution in [0, 0.1) is 11.8 Å².